The summed E-state index contributed by atoms with van der Waals surface area (Å²) in [4.78, 5) is 14.9. The largest absolute Gasteiger partial charge is 0.454 e. The summed E-state index contributed by atoms with van der Waals surface area (Å²) in [7, 11) is 0. The highest BCUT2D eigenvalue weighted by atomic mass is 19.4. The van der Waals surface area contributed by atoms with E-state index in [1.54, 1.807) is 36.4 Å². The zero-order valence-electron chi connectivity index (χ0n) is 19.9. The maximum absolute atomic E-state index is 13.7. The lowest BCUT2D eigenvalue weighted by molar-refractivity contribution is -0.143. The number of halogens is 6. The second-order valence-corrected chi connectivity index (χ2v) is 9.11. The smallest absolute Gasteiger partial charge is 0.416 e. The number of nitrogens with zero attached hydrogens (tertiary/aromatic N) is 1. The maximum atomic E-state index is 13.7. The Kier molecular flexibility index (Phi) is 5.60. The molecule has 0 spiro atoms. The first-order valence-corrected chi connectivity index (χ1v) is 11.7. The van der Waals surface area contributed by atoms with Crippen LogP contribution in [0.25, 0.3) is 22.3 Å². The van der Waals surface area contributed by atoms with Crippen LogP contribution in [0.2, 0.25) is 0 Å². The fourth-order valence-electron chi connectivity index (χ4n) is 4.93. The van der Waals surface area contributed by atoms with Crippen LogP contribution in [-0.2, 0) is 18.9 Å². The Hall–Kier alpha value is -4.47. The zero-order chi connectivity index (χ0) is 27.5. The van der Waals surface area contributed by atoms with Crippen molar-refractivity contribution in [2.45, 2.75) is 18.9 Å². The van der Waals surface area contributed by atoms with Gasteiger partial charge in [0.05, 0.1) is 23.4 Å². The minimum atomic E-state index is -5.07. The lowest BCUT2D eigenvalue weighted by Gasteiger charge is -2.33. The van der Waals surface area contributed by atoms with Gasteiger partial charge in [0.25, 0.3) is 5.91 Å². The molecule has 0 aliphatic carbocycles. The van der Waals surface area contributed by atoms with Gasteiger partial charge in [0.2, 0.25) is 6.79 Å². The molecule has 0 atom stereocenters. The molecule has 4 nitrogen and oxygen atoms in total. The van der Waals surface area contributed by atoms with E-state index in [4.69, 9.17) is 9.47 Å². The Labute approximate surface area is 218 Å². The molecule has 1 amide bonds. The summed E-state index contributed by atoms with van der Waals surface area (Å²) in [6.07, 6.45) is -10.1. The van der Waals surface area contributed by atoms with Crippen molar-refractivity contribution in [1.82, 2.24) is 0 Å². The molecule has 0 unspecified atom stereocenters. The molecule has 2 aliphatic heterocycles. The number of fused-ring (bicyclic) bond motifs is 4. The van der Waals surface area contributed by atoms with E-state index in [1.165, 1.54) is 4.90 Å². The lowest BCUT2D eigenvalue weighted by Crippen LogP contribution is -2.33. The van der Waals surface area contributed by atoms with Gasteiger partial charge in [0.15, 0.2) is 11.5 Å². The Morgan fingerprint density at radius 2 is 1.38 bits per heavy atom. The molecule has 0 radical (unpaired) electrons. The van der Waals surface area contributed by atoms with E-state index in [-0.39, 0.29) is 19.4 Å². The number of hydrogen-bond acceptors (Lipinski definition) is 3. The second kappa shape index (κ2) is 8.79. The molecule has 0 aromatic heterocycles. The van der Waals surface area contributed by atoms with Crippen molar-refractivity contribution >= 4 is 11.6 Å². The Morgan fingerprint density at radius 3 is 2.10 bits per heavy atom. The molecule has 6 rings (SSSR count). The van der Waals surface area contributed by atoms with Gasteiger partial charge >= 0.3 is 12.4 Å². The fraction of sp³-hybridized carbons (Fsp3) is 0.138. The molecule has 2 heterocycles. The van der Waals surface area contributed by atoms with Crippen LogP contribution in [0.5, 0.6) is 11.5 Å². The summed E-state index contributed by atoms with van der Waals surface area (Å²) in [5.74, 6) is 0.127. The predicted molar refractivity (Wildman–Crippen MR) is 130 cm³/mol. The third-order valence-electron chi connectivity index (χ3n) is 6.71. The van der Waals surface area contributed by atoms with Crippen LogP contribution in [0.4, 0.5) is 32.0 Å². The van der Waals surface area contributed by atoms with Crippen molar-refractivity contribution in [2.75, 3.05) is 11.7 Å². The predicted octanol–water partition coefficient (Wildman–Crippen LogP) is 7.95. The Morgan fingerprint density at radius 1 is 0.718 bits per heavy atom. The first-order valence-electron chi connectivity index (χ1n) is 11.7. The molecule has 10 heteroatoms. The molecule has 39 heavy (non-hydrogen) atoms. The molecule has 0 fully saturated rings. The molecule has 0 bridgehead atoms. The number of benzene rings is 4. The van der Waals surface area contributed by atoms with Crippen LogP contribution in [0, 0.1) is 0 Å². The molecular weight excluding hydrogens is 524 g/mol. The van der Waals surface area contributed by atoms with Gasteiger partial charge in [0, 0.05) is 11.1 Å². The Balaban J connectivity index is 1.52. The van der Waals surface area contributed by atoms with Crippen molar-refractivity contribution in [2.24, 2.45) is 0 Å². The van der Waals surface area contributed by atoms with E-state index in [0.29, 0.717) is 46.0 Å². The normalized spacial score (nSPS) is 14.2. The Bertz CT molecular complexity index is 1590. The van der Waals surface area contributed by atoms with Crippen LogP contribution >= 0.6 is 0 Å². The number of anilines is 1. The minimum Gasteiger partial charge on any atom is -0.454 e. The summed E-state index contributed by atoms with van der Waals surface area (Å²) in [6.45, 7) is 0.0396. The number of alkyl halides is 6. The number of hydrogen-bond donors (Lipinski definition) is 0. The van der Waals surface area contributed by atoms with E-state index in [2.05, 4.69) is 0 Å². The number of amides is 1. The number of carbonyl (C=O) groups excluding carboxylic acids is 1. The number of carbonyl (C=O) groups is 1. The van der Waals surface area contributed by atoms with Crippen LogP contribution in [0.1, 0.15) is 27.0 Å². The average Bonchev–Trinajstić information content (AvgIpc) is 3.38. The molecule has 0 saturated heterocycles. The van der Waals surface area contributed by atoms with Gasteiger partial charge in [-0.25, -0.2) is 0 Å². The van der Waals surface area contributed by atoms with E-state index in [9.17, 15) is 31.1 Å². The third kappa shape index (κ3) is 4.35. The first kappa shape index (κ1) is 24.8. The van der Waals surface area contributed by atoms with E-state index in [1.807, 2.05) is 24.3 Å². The quantitative estimate of drug-likeness (QED) is 0.242. The van der Waals surface area contributed by atoms with Crippen molar-refractivity contribution in [3.8, 4) is 33.8 Å². The van der Waals surface area contributed by atoms with Gasteiger partial charge in [0.1, 0.15) is 0 Å². The van der Waals surface area contributed by atoms with E-state index < -0.39 is 35.0 Å². The molecular formula is C29H17F6NO3. The summed E-state index contributed by atoms with van der Waals surface area (Å²) in [6, 6.07) is 18.6. The van der Waals surface area contributed by atoms with Crippen LogP contribution in [0.3, 0.4) is 0 Å². The zero-order valence-corrected chi connectivity index (χ0v) is 19.9. The average molecular weight is 541 g/mol. The van der Waals surface area contributed by atoms with Gasteiger partial charge in [-0.1, -0.05) is 42.5 Å². The van der Waals surface area contributed by atoms with E-state index >= 15 is 0 Å². The molecule has 198 valence electrons. The monoisotopic (exact) mass is 541 g/mol. The van der Waals surface area contributed by atoms with Crippen molar-refractivity contribution in [3.05, 3.63) is 101 Å². The highest BCUT2D eigenvalue weighted by Gasteiger charge is 2.39. The first-order chi connectivity index (χ1) is 18.5. The van der Waals surface area contributed by atoms with Crippen LogP contribution < -0.4 is 14.4 Å². The van der Waals surface area contributed by atoms with Gasteiger partial charge in [-0.15, -0.1) is 0 Å². The highest BCUT2D eigenvalue weighted by Crippen LogP contribution is 2.47. The lowest BCUT2D eigenvalue weighted by atomic mass is 9.87. The van der Waals surface area contributed by atoms with E-state index in [0.717, 1.165) is 11.1 Å². The topological polar surface area (TPSA) is 38.8 Å². The fourth-order valence-corrected chi connectivity index (χ4v) is 4.93. The standard InChI is InChI=1S/C29H17F6NO3/c30-28(31,32)19-10-18(11-20(13-19)29(33,34)35)27(37)36-14-17-4-1-2-5-22(17)26-21(6-3-7-23(26)36)16-8-9-24-25(12-16)39-15-38-24/h1-13H,14-15H2. The van der Waals surface area contributed by atoms with Gasteiger partial charge in [-0.3, -0.25) is 4.79 Å². The van der Waals surface area contributed by atoms with Crippen LogP contribution in [0.15, 0.2) is 78.9 Å². The summed E-state index contributed by atoms with van der Waals surface area (Å²) in [5, 5.41) is 0. The van der Waals surface area contributed by atoms with Crippen molar-refractivity contribution in [3.63, 3.8) is 0 Å². The molecule has 4 aromatic rings. The summed E-state index contributed by atoms with van der Waals surface area (Å²) in [5.41, 5.74) is 0.0963. The van der Waals surface area contributed by atoms with Crippen molar-refractivity contribution in [1.29, 1.82) is 0 Å². The molecule has 4 aromatic carbocycles. The van der Waals surface area contributed by atoms with Gasteiger partial charge in [-0.2, -0.15) is 26.3 Å². The molecule has 0 N–H and O–H groups in total. The second-order valence-electron chi connectivity index (χ2n) is 9.11. The number of rotatable bonds is 2. The van der Waals surface area contributed by atoms with Crippen molar-refractivity contribution < 1.29 is 40.6 Å². The third-order valence-corrected chi connectivity index (χ3v) is 6.71. The summed E-state index contributed by atoms with van der Waals surface area (Å²) >= 11 is 0. The molecule has 2 aliphatic rings. The van der Waals surface area contributed by atoms with Gasteiger partial charge < -0.3 is 14.4 Å². The van der Waals surface area contributed by atoms with Gasteiger partial charge in [-0.05, 0) is 58.7 Å². The highest BCUT2D eigenvalue weighted by molar-refractivity contribution is 6.11. The number of ether oxygens (including phenoxy) is 2. The minimum absolute atomic E-state index is 0.00791. The maximum Gasteiger partial charge on any atom is 0.416 e. The SMILES string of the molecule is O=C(c1cc(C(F)(F)F)cc(C(F)(F)F)c1)N1Cc2ccccc2-c2c(-c3ccc4c(c3)OCO4)cccc21. The summed E-state index contributed by atoms with van der Waals surface area (Å²) < 4.78 is 91.9. The van der Waals surface area contributed by atoms with Crippen LogP contribution in [-0.4, -0.2) is 12.7 Å². The molecule has 0 saturated carbocycles.